The van der Waals surface area contributed by atoms with E-state index in [0.29, 0.717) is 30.7 Å². The fraction of sp³-hybridized carbons (Fsp3) is 1.00. The maximum absolute atomic E-state index is 12.3. The quantitative estimate of drug-likeness (QED) is 0.797. The highest BCUT2D eigenvalue weighted by molar-refractivity contribution is 7.89. The maximum atomic E-state index is 12.3. The van der Waals surface area contributed by atoms with Gasteiger partial charge >= 0.3 is 0 Å². The van der Waals surface area contributed by atoms with Crippen LogP contribution < -0.4 is 5.32 Å². The average molecular weight is 304 g/mol. The SMILES string of the molecule is CN(CC1CCCOC1)S(=O)(=O)CCC1CCNCC1. The molecule has 0 spiro atoms. The minimum atomic E-state index is -3.10. The highest BCUT2D eigenvalue weighted by Gasteiger charge is 2.24. The smallest absolute Gasteiger partial charge is 0.213 e. The van der Waals surface area contributed by atoms with Crippen molar-refractivity contribution in [2.45, 2.75) is 32.1 Å². The van der Waals surface area contributed by atoms with Gasteiger partial charge in [-0.1, -0.05) is 0 Å². The normalized spacial score (nSPS) is 26.0. The Morgan fingerprint density at radius 2 is 1.95 bits per heavy atom. The Morgan fingerprint density at radius 1 is 1.20 bits per heavy atom. The monoisotopic (exact) mass is 304 g/mol. The molecule has 2 aliphatic heterocycles. The first-order chi connectivity index (χ1) is 9.58. The molecular formula is C14H28N2O3S. The molecule has 2 fully saturated rings. The third-order valence-corrected chi connectivity index (χ3v) is 6.34. The molecule has 20 heavy (non-hydrogen) atoms. The van der Waals surface area contributed by atoms with Gasteiger partial charge in [-0.05, 0) is 57.0 Å². The number of hydrogen-bond donors (Lipinski definition) is 1. The Morgan fingerprint density at radius 3 is 2.60 bits per heavy atom. The zero-order chi connectivity index (χ0) is 14.4. The standard InChI is InChI=1S/C14H28N2O3S/c1-16(11-14-3-2-9-19-12-14)20(17,18)10-6-13-4-7-15-8-5-13/h13-15H,2-12H2,1H3. The molecule has 2 saturated heterocycles. The molecule has 0 saturated carbocycles. The van der Waals surface area contributed by atoms with Crippen LogP contribution in [-0.2, 0) is 14.8 Å². The molecular weight excluding hydrogens is 276 g/mol. The van der Waals surface area contributed by atoms with Crippen molar-refractivity contribution in [3.8, 4) is 0 Å². The minimum Gasteiger partial charge on any atom is -0.381 e. The zero-order valence-electron chi connectivity index (χ0n) is 12.5. The fourth-order valence-corrected chi connectivity index (χ4v) is 4.45. The van der Waals surface area contributed by atoms with E-state index in [4.69, 9.17) is 4.74 Å². The van der Waals surface area contributed by atoms with E-state index in [-0.39, 0.29) is 0 Å². The van der Waals surface area contributed by atoms with Gasteiger partial charge in [-0.3, -0.25) is 0 Å². The number of hydrogen-bond acceptors (Lipinski definition) is 4. The van der Waals surface area contributed by atoms with E-state index in [1.165, 1.54) is 0 Å². The van der Waals surface area contributed by atoms with Gasteiger partial charge in [0.05, 0.1) is 12.4 Å². The summed E-state index contributed by atoms with van der Waals surface area (Å²) in [4.78, 5) is 0. The van der Waals surface area contributed by atoms with Gasteiger partial charge in [0.15, 0.2) is 0 Å². The summed E-state index contributed by atoms with van der Waals surface area (Å²) >= 11 is 0. The van der Waals surface area contributed by atoms with Crippen LogP contribution >= 0.6 is 0 Å². The molecule has 5 nitrogen and oxygen atoms in total. The van der Waals surface area contributed by atoms with Gasteiger partial charge in [0.1, 0.15) is 0 Å². The molecule has 118 valence electrons. The molecule has 0 amide bonds. The summed E-state index contributed by atoms with van der Waals surface area (Å²) < 4.78 is 31.6. The van der Waals surface area contributed by atoms with Crippen LogP contribution in [0.4, 0.5) is 0 Å². The number of ether oxygens (including phenoxy) is 1. The van der Waals surface area contributed by atoms with Crippen LogP contribution in [0.25, 0.3) is 0 Å². The van der Waals surface area contributed by atoms with Gasteiger partial charge in [0.2, 0.25) is 10.0 Å². The molecule has 0 aliphatic carbocycles. The van der Waals surface area contributed by atoms with Crippen LogP contribution in [0.5, 0.6) is 0 Å². The highest BCUT2D eigenvalue weighted by Crippen LogP contribution is 2.19. The molecule has 6 heteroatoms. The minimum absolute atomic E-state index is 0.293. The predicted molar refractivity (Wildman–Crippen MR) is 80.2 cm³/mol. The van der Waals surface area contributed by atoms with Crippen molar-refractivity contribution >= 4 is 10.0 Å². The first-order valence-electron chi connectivity index (χ1n) is 7.80. The number of nitrogens with one attached hydrogen (secondary N) is 1. The molecule has 2 aliphatic rings. The van der Waals surface area contributed by atoms with Crippen molar-refractivity contribution in [1.29, 1.82) is 0 Å². The van der Waals surface area contributed by atoms with Crippen molar-refractivity contribution in [3.05, 3.63) is 0 Å². The Hall–Kier alpha value is -0.170. The lowest BCUT2D eigenvalue weighted by Crippen LogP contribution is -2.37. The number of piperidine rings is 1. The van der Waals surface area contributed by atoms with Crippen LogP contribution in [-0.4, -0.2) is 58.4 Å². The zero-order valence-corrected chi connectivity index (χ0v) is 13.3. The Kier molecular flexibility index (Phi) is 6.26. The van der Waals surface area contributed by atoms with Gasteiger partial charge in [0.25, 0.3) is 0 Å². The second-order valence-electron chi connectivity index (χ2n) is 6.16. The molecule has 1 N–H and O–H groups in total. The Balaban J connectivity index is 1.75. The van der Waals surface area contributed by atoms with E-state index < -0.39 is 10.0 Å². The summed E-state index contributed by atoms with van der Waals surface area (Å²) in [7, 11) is -1.39. The number of nitrogens with zero attached hydrogens (tertiary/aromatic N) is 1. The lowest BCUT2D eigenvalue weighted by molar-refractivity contribution is 0.0495. The van der Waals surface area contributed by atoms with Crippen LogP contribution in [0.15, 0.2) is 0 Å². The summed E-state index contributed by atoms with van der Waals surface area (Å²) in [5.74, 6) is 1.22. The fourth-order valence-electron chi connectivity index (χ4n) is 3.07. The maximum Gasteiger partial charge on any atom is 0.213 e. The van der Waals surface area contributed by atoms with Crippen molar-refractivity contribution < 1.29 is 13.2 Å². The topological polar surface area (TPSA) is 58.6 Å². The van der Waals surface area contributed by atoms with E-state index in [1.807, 2.05) is 0 Å². The average Bonchev–Trinajstić information content (AvgIpc) is 2.47. The van der Waals surface area contributed by atoms with Gasteiger partial charge in [-0.15, -0.1) is 0 Å². The molecule has 2 rings (SSSR count). The van der Waals surface area contributed by atoms with Crippen LogP contribution in [0.2, 0.25) is 0 Å². The van der Waals surface area contributed by atoms with Gasteiger partial charge in [-0.25, -0.2) is 12.7 Å². The van der Waals surface area contributed by atoms with Gasteiger partial charge < -0.3 is 10.1 Å². The van der Waals surface area contributed by atoms with E-state index in [2.05, 4.69) is 5.32 Å². The Bertz CT molecular complexity index is 374. The highest BCUT2D eigenvalue weighted by atomic mass is 32.2. The number of rotatable bonds is 6. The lowest BCUT2D eigenvalue weighted by Gasteiger charge is -2.28. The van der Waals surface area contributed by atoms with Crippen LogP contribution in [0, 0.1) is 11.8 Å². The van der Waals surface area contributed by atoms with Crippen molar-refractivity contribution in [3.63, 3.8) is 0 Å². The molecule has 1 atom stereocenters. The third kappa shape index (κ3) is 4.98. The Labute approximate surface area is 123 Å². The molecule has 0 bridgehead atoms. The summed E-state index contributed by atoms with van der Waals surface area (Å²) in [6.07, 6.45) is 5.14. The van der Waals surface area contributed by atoms with E-state index in [0.717, 1.165) is 51.8 Å². The molecule has 1 unspecified atom stereocenters. The number of sulfonamides is 1. The second kappa shape index (κ2) is 7.73. The first kappa shape index (κ1) is 16.2. The predicted octanol–water partition coefficient (Wildman–Crippen LogP) is 1.06. The van der Waals surface area contributed by atoms with E-state index in [9.17, 15) is 8.42 Å². The largest absolute Gasteiger partial charge is 0.381 e. The molecule has 0 radical (unpaired) electrons. The summed E-state index contributed by atoms with van der Waals surface area (Å²) in [6.45, 7) is 4.19. The van der Waals surface area contributed by atoms with Crippen LogP contribution in [0.1, 0.15) is 32.1 Å². The third-order valence-electron chi connectivity index (χ3n) is 4.49. The first-order valence-corrected chi connectivity index (χ1v) is 9.41. The van der Waals surface area contributed by atoms with E-state index in [1.54, 1.807) is 11.4 Å². The summed E-state index contributed by atoms with van der Waals surface area (Å²) in [5.41, 5.74) is 0. The van der Waals surface area contributed by atoms with E-state index >= 15 is 0 Å². The second-order valence-corrected chi connectivity index (χ2v) is 8.36. The van der Waals surface area contributed by atoms with Crippen molar-refractivity contribution in [1.82, 2.24) is 9.62 Å². The van der Waals surface area contributed by atoms with Crippen molar-refractivity contribution in [2.24, 2.45) is 11.8 Å². The van der Waals surface area contributed by atoms with Crippen molar-refractivity contribution in [2.75, 3.05) is 45.6 Å². The van der Waals surface area contributed by atoms with Gasteiger partial charge in [0, 0.05) is 20.2 Å². The lowest BCUT2D eigenvalue weighted by atomic mass is 9.96. The summed E-state index contributed by atoms with van der Waals surface area (Å²) in [5, 5.41) is 3.32. The molecule has 0 aromatic rings. The summed E-state index contributed by atoms with van der Waals surface area (Å²) in [6, 6.07) is 0. The van der Waals surface area contributed by atoms with Gasteiger partial charge in [-0.2, -0.15) is 0 Å². The van der Waals surface area contributed by atoms with Crippen LogP contribution in [0.3, 0.4) is 0 Å². The molecule has 0 aromatic heterocycles. The molecule has 2 heterocycles. The molecule has 0 aromatic carbocycles.